The molecule has 1 heterocycles. The number of hydrogen-bond donors (Lipinski definition) is 1. The van der Waals surface area contributed by atoms with Crippen LogP contribution in [0.4, 0.5) is 0 Å². The average Bonchev–Trinajstić information content (AvgIpc) is 3.39. The van der Waals surface area contributed by atoms with Crippen molar-refractivity contribution in [3.8, 4) is 0 Å². The van der Waals surface area contributed by atoms with Crippen molar-refractivity contribution in [2.75, 3.05) is 94.9 Å². The summed E-state index contributed by atoms with van der Waals surface area (Å²) in [5, 5.41) is 2.63. The van der Waals surface area contributed by atoms with Crippen molar-refractivity contribution < 1.29 is 46.8 Å². The van der Waals surface area contributed by atoms with E-state index in [2.05, 4.69) is 10.1 Å². The van der Waals surface area contributed by atoms with Crippen molar-refractivity contribution in [1.82, 2.24) is 10.2 Å². The lowest BCUT2D eigenvalue weighted by Crippen LogP contribution is -2.29. The van der Waals surface area contributed by atoms with E-state index in [-0.39, 0.29) is 18.2 Å². The van der Waals surface area contributed by atoms with E-state index < -0.39 is 8.60 Å². The first kappa shape index (κ1) is 36.8. The molecule has 0 aliphatic carbocycles. The van der Waals surface area contributed by atoms with E-state index in [0.717, 1.165) is 12.8 Å². The van der Waals surface area contributed by atoms with Crippen molar-refractivity contribution in [3.05, 3.63) is 24.0 Å². The van der Waals surface area contributed by atoms with Gasteiger partial charge in [-0.15, -0.1) is 0 Å². The van der Waals surface area contributed by atoms with E-state index in [1.165, 1.54) is 0 Å². The molecule has 1 aliphatic heterocycles. The van der Waals surface area contributed by atoms with Crippen molar-refractivity contribution in [1.29, 1.82) is 0 Å². The molecule has 1 aliphatic rings. The highest BCUT2D eigenvalue weighted by molar-refractivity contribution is 7.41. The largest absolute Gasteiger partial charge is 0.388 e. The first-order valence-corrected chi connectivity index (χ1v) is 13.7. The number of carbonyl (C=O) groups is 1. The Morgan fingerprint density at radius 2 is 1.53 bits per heavy atom. The smallest absolute Gasteiger partial charge is 0.332 e. The third-order valence-corrected chi connectivity index (χ3v) is 5.83. The summed E-state index contributed by atoms with van der Waals surface area (Å²) < 4.78 is 48.2. The standard InChI is InChI=1S/C23H43N2O9P.C2H6O/c1-6-9-25(18-20(2)23(26)24-3)22-8-7-21(34-22)19-33-35(28-5)32-17-16-31-15-14-30-13-12-29-11-10-27-4;1-3-2/h6,9,18,21-22H,7-8,10-17,19H2,1-5H3,(H,24,26);1-2H3/b9-6-,20-18-;. The van der Waals surface area contributed by atoms with Gasteiger partial charge in [0, 0.05) is 53.5 Å². The Hall–Kier alpha value is -1.18. The zero-order valence-corrected chi connectivity index (χ0v) is 25.0. The first-order valence-electron chi connectivity index (χ1n) is 12.7. The first-order chi connectivity index (χ1) is 18.5. The maximum Gasteiger partial charge on any atom is 0.332 e. The molecule has 0 aromatic heterocycles. The van der Waals surface area contributed by atoms with Gasteiger partial charge in [-0.05, 0) is 26.7 Å². The number of hydrogen-bond acceptors (Lipinski definition) is 11. The summed E-state index contributed by atoms with van der Waals surface area (Å²) in [6.07, 6.45) is 6.99. The lowest BCUT2D eigenvalue weighted by molar-refractivity contribution is -0.117. The fourth-order valence-corrected chi connectivity index (χ4v) is 3.84. The normalized spacial score (nSPS) is 18.3. The summed E-state index contributed by atoms with van der Waals surface area (Å²) in [4.78, 5) is 13.7. The molecule has 12 nitrogen and oxygen atoms in total. The molecule has 0 radical (unpaired) electrons. The number of nitrogens with one attached hydrogen (secondary N) is 1. The van der Waals surface area contributed by atoms with Crippen molar-refractivity contribution >= 4 is 14.5 Å². The second-order valence-electron chi connectivity index (χ2n) is 7.88. The molecule has 224 valence electrons. The van der Waals surface area contributed by atoms with E-state index in [0.29, 0.717) is 65.0 Å². The molecule has 3 atom stereocenters. The molecule has 1 amide bonds. The lowest BCUT2D eigenvalue weighted by atomic mass is 10.2. The van der Waals surface area contributed by atoms with Gasteiger partial charge in [0.05, 0.1) is 65.6 Å². The molecule has 0 spiro atoms. The van der Waals surface area contributed by atoms with Crippen LogP contribution in [0.2, 0.25) is 0 Å². The van der Waals surface area contributed by atoms with Gasteiger partial charge in [0.1, 0.15) is 6.23 Å². The van der Waals surface area contributed by atoms with Gasteiger partial charge in [-0.3, -0.25) is 4.79 Å². The fourth-order valence-electron chi connectivity index (χ4n) is 3.04. The maximum atomic E-state index is 11.8. The van der Waals surface area contributed by atoms with Crippen LogP contribution in [0.1, 0.15) is 26.7 Å². The summed E-state index contributed by atoms with van der Waals surface area (Å²) in [5.41, 5.74) is 0.603. The molecule has 38 heavy (non-hydrogen) atoms. The van der Waals surface area contributed by atoms with Crippen LogP contribution < -0.4 is 5.32 Å². The third-order valence-electron chi connectivity index (χ3n) is 4.78. The minimum absolute atomic E-state index is 0.0860. The number of allylic oxidation sites excluding steroid dienone is 1. The zero-order valence-electron chi connectivity index (χ0n) is 24.1. The van der Waals surface area contributed by atoms with Gasteiger partial charge in [-0.2, -0.15) is 0 Å². The van der Waals surface area contributed by atoms with Crippen LogP contribution in [-0.4, -0.2) is 118 Å². The summed E-state index contributed by atoms with van der Waals surface area (Å²) in [6.45, 7) is 7.99. The molecule has 1 fully saturated rings. The molecule has 1 rings (SSSR count). The highest BCUT2D eigenvalue weighted by Gasteiger charge is 2.29. The van der Waals surface area contributed by atoms with Crippen LogP contribution in [0.3, 0.4) is 0 Å². The van der Waals surface area contributed by atoms with E-state index in [9.17, 15) is 4.79 Å². The van der Waals surface area contributed by atoms with E-state index >= 15 is 0 Å². The summed E-state index contributed by atoms with van der Waals surface area (Å²) in [7, 11) is 6.56. The van der Waals surface area contributed by atoms with Crippen LogP contribution in [0.15, 0.2) is 24.0 Å². The van der Waals surface area contributed by atoms with Gasteiger partial charge >= 0.3 is 8.60 Å². The number of nitrogens with zero attached hydrogens (tertiary/aromatic N) is 1. The van der Waals surface area contributed by atoms with Crippen LogP contribution in [0.25, 0.3) is 0 Å². The highest BCUT2D eigenvalue weighted by atomic mass is 31.2. The van der Waals surface area contributed by atoms with Crippen LogP contribution in [0.5, 0.6) is 0 Å². The third kappa shape index (κ3) is 19.0. The Bertz CT molecular complexity index is 627. The summed E-state index contributed by atoms with van der Waals surface area (Å²) >= 11 is 0. The molecule has 3 unspecified atom stereocenters. The Kier molecular flexibility index (Phi) is 25.3. The number of ether oxygens (including phenoxy) is 6. The molecule has 13 heteroatoms. The summed E-state index contributed by atoms with van der Waals surface area (Å²) in [5.74, 6) is -0.125. The molecule has 0 aromatic carbocycles. The van der Waals surface area contributed by atoms with Gasteiger partial charge in [0.25, 0.3) is 0 Å². The van der Waals surface area contributed by atoms with Crippen molar-refractivity contribution in [2.24, 2.45) is 0 Å². The molecule has 0 aromatic rings. The van der Waals surface area contributed by atoms with Crippen molar-refractivity contribution in [2.45, 2.75) is 39.0 Å². The van der Waals surface area contributed by atoms with Crippen molar-refractivity contribution in [3.63, 3.8) is 0 Å². The molecule has 0 saturated carbocycles. The summed E-state index contributed by atoms with van der Waals surface area (Å²) in [6, 6.07) is 0. The SMILES string of the molecule is C/C=C\N(/C=C(/C)C(=O)NC)C1CCC(COP(OC)OCCOCCOCCOCCOC)O1.COC. The van der Waals surface area contributed by atoms with Gasteiger partial charge in [0.2, 0.25) is 5.91 Å². The van der Waals surface area contributed by atoms with Crippen LogP contribution in [0, 0.1) is 0 Å². The number of carbonyl (C=O) groups excluding carboxylic acids is 1. The molecule has 1 saturated heterocycles. The predicted molar refractivity (Wildman–Crippen MR) is 145 cm³/mol. The molecular weight excluding hydrogens is 519 g/mol. The highest BCUT2D eigenvalue weighted by Crippen LogP contribution is 2.39. The minimum atomic E-state index is -1.48. The van der Waals surface area contributed by atoms with Gasteiger partial charge in [-0.1, -0.05) is 6.08 Å². The zero-order chi connectivity index (χ0) is 28.4. The lowest BCUT2D eigenvalue weighted by Gasteiger charge is -2.25. The Labute approximate surface area is 229 Å². The van der Waals surface area contributed by atoms with Gasteiger partial charge < -0.3 is 52.2 Å². The molecular formula is C25H49N2O10P. The fraction of sp³-hybridized carbons (Fsp3) is 0.800. The van der Waals surface area contributed by atoms with Crippen LogP contribution >= 0.6 is 8.60 Å². The molecule has 0 bridgehead atoms. The van der Waals surface area contributed by atoms with Gasteiger partial charge in [-0.25, -0.2) is 0 Å². The predicted octanol–water partition coefficient (Wildman–Crippen LogP) is 2.84. The number of likely N-dealkylation sites (N-methyl/N-ethyl adjacent to an activating group) is 1. The number of methoxy groups -OCH3 is 2. The second kappa shape index (κ2) is 26.1. The maximum absolute atomic E-state index is 11.8. The van der Waals surface area contributed by atoms with E-state index in [1.54, 1.807) is 48.6 Å². The Morgan fingerprint density at radius 3 is 2.05 bits per heavy atom. The quantitative estimate of drug-likeness (QED) is 0.125. The molecule has 1 N–H and O–H groups in total. The monoisotopic (exact) mass is 568 g/mol. The minimum Gasteiger partial charge on any atom is -0.388 e. The van der Waals surface area contributed by atoms with Crippen LogP contribution in [-0.2, 0) is 46.8 Å². The van der Waals surface area contributed by atoms with E-state index in [1.807, 2.05) is 24.1 Å². The number of rotatable bonds is 21. The topological polar surface area (TPSA) is 115 Å². The van der Waals surface area contributed by atoms with Gasteiger partial charge in [0.15, 0.2) is 0 Å². The second-order valence-corrected chi connectivity index (χ2v) is 9.21. The van der Waals surface area contributed by atoms with E-state index in [4.69, 9.17) is 37.3 Å². The Balaban J connectivity index is 0.00000434. The Morgan fingerprint density at radius 1 is 0.947 bits per heavy atom. The number of amides is 1. The average molecular weight is 569 g/mol.